The van der Waals surface area contributed by atoms with E-state index >= 15 is 0 Å². The summed E-state index contributed by atoms with van der Waals surface area (Å²) < 4.78 is 33.2. The van der Waals surface area contributed by atoms with Gasteiger partial charge in [0.25, 0.3) is 5.91 Å². The molecule has 3 aromatic carbocycles. The zero-order valence-corrected chi connectivity index (χ0v) is 31.0. The SMILES string of the molecule is COC(=O)c1cc(Cl)c(C(=O)N[C@@H](Cc2ccc(-c3c(OC)cc(CC(C)(C)OCCOC(C)(C)C)cc3OC)cc2)C(=O)OC)c(Cl)c1. The average molecular weight is 719 g/mol. The molecule has 0 aliphatic rings. The zero-order valence-electron chi connectivity index (χ0n) is 29.5. The van der Waals surface area contributed by atoms with Gasteiger partial charge in [-0.3, -0.25) is 4.79 Å². The summed E-state index contributed by atoms with van der Waals surface area (Å²) in [6.07, 6.45) is 0.720. The van der Waals surface area contributed by atoms with Gasteiger partial charge in [0.15, 0.2) is 0 Å². The molecule has 0 spiro atoms. The molecule has 3 rings (SSSR count). The molecule has 0 heterocycles. The third-order valence-electron chi connectivity index (χ3n) is 7.47. The zero-order chi connectivity index (χ0) is 36.5. The number of benzene rings is 3. The standard InChI is InChI=1S/C37H45Cl2NO9/c1-36(2,3)48-14-15-49-37(4,5)21-23-17-29(44-6)31(30(18-23)45-7)24-12-10-22(11-13-24)16-28(35(43)47-9)40-33(41)32-26(38)19-25(20-27(32)39)34(42)46-8/h10-13,17-20,28H,14-16,21H2,1-9H3,(H,40,41)/t28-/m0/s1. The van der Waals surface area contributed by atoms with Crippen molar-refractivity contribution in [2.24, 2.45) is 0 Å². The molecule has 0 saturated heterocycles. The lowest BCUT2D eigenvalue weighted by Crippen LogP contribution is -2.43. The first kappa shape index (κ1) is 39.6. The Morgan fingerprint density at radius 2 is 1.31 bits per heavy atom. The summed E-state index contributed by atoms with van der Waals surface area (Å²) in [6, 6.07) is 12.9. The van der Waals surface area contributed by atoms with E-state index in [0.29, 0.717) is 31.1 Å². The van der Waals surface area contributed by atoms with E-state index in [1.807, 2.05) is 71.0 Å². The molecule has 0 aromatic heterocycles. The molecule has 3 aromatic rings. The predicted molar refractivity (Wildman–Crippen MR) is 189 cm³/mol. The van der Waals surface area contributed by atoms with E-state index in [1.165, 1.54) is 26.4 Å². The smallest absolute Gasteiger partial charge is 0.337 e. The summed E-state index contributed by atoms with van der Waals surface area (Å²) in [7, 11) is 5.65. The van der Waals surface area contributed by atoms with Crippen LogP contribution in [0, 0.1) is 0 Å². The number of halogens is 2. The van der Waals surface area contributed by atoms with Crippen LogP contribution < -0.4 is 14.8 Å². The van der Waals surface area contributed by atoms with Crippen molar-refractivity contribution in [3.8, 4) is 22.6 Å². The van der Waals surface area contributed by atoms with Crippen molar-refractivity contribution in [2.45, 2.75) is 64.7 Å². The number of rotatable bonds is 15. The molecule has 0 aliphatic heterocycles. The van der Waals surface area contributed by atoms with Crippen LogP contribution in [0.4, 0.5) is 0 Å². The third-order valence-corrected chi connectivity index (χ3v) is 8.07. The Morgan fingerprint density at radius 3 is 1.80 bits per heavy atom. The van der Waals surface area contributed by atoms with Gasteiger partial charge in [-0.1, -0.05) is 47.5 Å². The molecule has 12 heteroatoms. The fourth-order valence-electron chi connectivity index (χ4n) is 5.20. The number of carbonyl (C=O) groups is 3. The third kappa shape index (κ3) is 11.1. The van der Waals surface area contributed by atoms with Crippen LogP contribution in [0.25, 0.3) is 11.1 Å². The fraction of sp³-hybridized carbons (Fsp3) is 0.432. The molecule has 49 heavy (non-hydrogen) atoms. The number of hydrogen-bond acceptors (Lipinski definition) is 9. The number of hydrogen-bond donors (Lipinski definition) is 1. The lowest BCUT2D eigenvalue weighted by Gasteiger charge is -2.27. The minimum absolute atomic E-state index is 0.0749. The first-order chi connectivity index (χ1) is 23.0. The lowest BCUT2D eigenvalue weighted by atomic mass is 9.94. The highest BCUT2D eigenvalue weighted by atomic mass is 35.5. The number of amides is 1. The second kappa shape index (κ2) is 17.2. The van der Waals surface area contributed by atoms with Crippen LogP contribution in [-0.2, 0) is 36.6 Å². The molecular weight excluding hydrogens is 673 g/mol. The van der Waals surface area contributed by atoms with Crippen LogP contribution in [0.3, 0.4) is 0 Å². The van der Waals surface area contributed by atoms with Crippen molar-refractivity contribution in [3.05, 3.63) is 80.8 Å². The van der Waals surface area contributed by atoms with Crippen LogP contribution in [0.15, 0.2) is 48.5 Å². The van der Waals surface area contributed by atoms with E-state index < -0.39 is 29.5 Å². The molecule has 1 atom stereocenters. The summed E-state index contributed by atoms with van der Waals surface area (Å²) >= 11 is 12.6. The van der Waals surface area contributed by atoms with E-state index in [2.05, 4.69) is 5.32 Å². The van der Waals surface area contributed by atoms with Gasteiger partial charge in [0, 0.05) is 12.8 Å². The first-order valence-corrected chi connectivity index (χ1v) is 16.4. The summed E-state index contributed by atoms with van der Waals surface area (Å²) in [6.45, 7) is 11.1. The summed E-state index contributed by atoms with van der Waals surface area (Å²) in [5.74, 6) is -0.783. The minimum atomic E-state index is -1.07. The maximum Gasteiger partial charge on any atom is 0.337 e. The van der Waals surface area contributed by atoms with Crippen LogP contribution in [0.5, 0.6) is 11.5 Å². The van der Waals surface area contributed by atoms with Crippen LogP contribution in [-0.4, -0.2) is 76.7 Å². The topological polar surface area (TPSA) is 119 Å². The Hall–Kier alpha value is -3.83. The highest BCUT2D eigenvalue weighted by molar-refractivity contribution is 6.40. The Labute approximate surface area is 298 Å². The van der Waals surface area contributed by atoms with Gasteiger partial charge in [-0.05, 0) is 75.6 Å². The van der Waals surface area contributed by atoms with E-state index in [9.17, 15) is 14.4 Å². The minimum Gasteiger partial charge on any atom is -0.496 e. The number of ether oxygens (including phenoxy) is 6. The number of esters is 2. The Kier molecular flexibility index (Phi) is 13.9. The first-order valence-electron chi connectivity index (χ1n) is 15.6. The molecular formula is C37H45Cl2NO9. The van der Waals surface area contributed by atoms with E-state index in [4.69, 9.17) is 51.6 Å². The molecule has 0 aliphatic carbocycles. The number of methoxy groups -OCH3 is 4. The summed E-state index contributed by atoms with van der Waals surface area (Å²) in [5, 5.41) is 2.50. The Bertz CT molecular complexity index is 1580. The molecule has 10 nitrogen and oxygen atoms in total. The van der Waals surface area contributed by atoms with Gasteiger partial charge in [0.2, 0.25) is 0 Å². The quantitative estimate of drug-likeness (QED) is 0.129. The van der Waals surface area contributed by atoms with Crippen LogP contribution in [0.2, 0.25) is 10.0 Å². The second-order valence-electron chi connectivity index (χ2n) is 12.9. The number of nitrogens with one attached hydrogen (secondary N) is 1. The lowest BCUT2D eigenvalue weighted by molar-refractivity contribution is -0.142. The van der Waals surface area contributed by atoms with Gasteiger partial charge < -0.3 is 33.7 Å². The maximum atomic E-state index is 13.2. The van der Waals surface area contributed by atoms with Gasteiger partial charge in [-0.15, -0.1) is 0 Å². The largest absolute Gasteiger partial charge is 0.496 e. The highest BCUT2D eigenvalue weighted by Gasteiger charge is 2.27. The molecule has 0 unspecified atom stereocenters. The van der Waals surface area contributed by atoms with Gasteiger partial charge in [0.1, 0.15) is 17.5 Å². The molecule has 266 valence electrons. The maximum absolute atomic E-state index is 13.2. The molecule has 0 bridgehead atoms. The molecule has 1 N–H and O–H groups in total. The Balaban J connectivity index is 1.81. The van der Waals surface area contributed by atoms with Crippen molar-refractivity contribution in [3.63, 3.8) is 0 Å². The predicted octanol–water partition coefficient (Wildman–Crippen LogP) is 7.13. The monoisotopic (exact) mass is 717 g/mol. The van der Waals surface area contributed by atoms with Crippen molar-refractivity contribution < 1.29 is 42.8 Å². The van der Waals surface area contributed by atoms with Gasteiger partial charge in [-0.2, -0.15) is 0 Å². The molecule has 0 fully saturated rings. The van der Waals surface area contributed by atoms with Crippen LogP contribution in [0.1, 0.15) is 66.5 Å². The van der Waals surface area contributed by atoms with Crippen molar-refractivity contribution >= 4 is 41.0 Å². The summed E-state index contributed by atoms with van der Waals surface area (Å²) in [4.78, 5) is 37.8. The normalized spacial score (nSPS) is 12.2. The van der Waals surface area contributed by atoms with Gasteiger partial charge >= 0.3 is 11.9 Å². The van der Waals surface area contributed by atoms with E-state index in [-0.39, 0.29) is 33.2 Å². The van der Waals surface area contributed by atoms with Crippen molar-refractivity contribution in [1.82, 2.24) is 5.32 Å². The molecule has 1 amide bonds. The van der Waals surface area contributed by atoms with E-state index in [0.717, 1.165) is 22.3 Å². The fourth-order valence-corrected chi connectivity index (χ4v) is 5.85. The summed E-state index contributed by atoms with van der Waals surface area (Å²) in [5.41, 5.74) is 2.60. The molecule has 0 saturated carbocycles. The average Bonchev–Trinajstić information content (AvgIpc) is 3.04. The van der Waals surface area contributed by atoms with E-state index in [1.54, 1.807) is 14.2 Å². The van der Waals surface area contributed by atoms with Crippen molar-refractivity contribution in [1.29, 1.82) is 0 Å². The van der Waals surface area contributed by atoms with Crippen LogP contribution >= 0.6 is 23.2 Å². The Morgan fingerprint density at radius 1 is 0.755 bits per heavy atom. The van der Waals surface area contributed by atoms with Gasteiger partial charge in [-0.25, -0.2) is 9.59 Å². The molecule has 0 radical (unpaired) electrons. The van der Waals surface area contributed by atoms with Gasteiger partial charge in [0.05, 0.1) is 79.6 Å². The number of carbonyl (C=O) groups excluding carboxylic acids is 3. The second-order valence-corrected chi connectivity index (χ2v) is 13.7. The van der Waals surface area contributed by atoms with Crippen molar-refractivity contribution in [2.75, 3.05) is 41.7 Å². The highest BCUT2D eigenvalue weighted by Crippen LogP contribution is 2.40.